The summed E-state index contributed by atoms with van der Waals surface area (Å²) in [5.41, 5.74) is 0.543. The molecule has 11 heteroatoms. The molecule has 2 fully saturated rings. The van der Waals surface area contributed by atoms with Crippen molar-refractivity contribution in [1.82, 2.24) is 25.1 Å². The van der Waals surface area contributed by atoms with Crippen molar-refractivity contribution in [2.75, 3.05) is 56.0 Å². The number of aromatic nitrogens is 2. The Morgan fingerprint density at radius 1 is 1.09 bits per heavy atom. The van der Waals surface area contributed by atoms with Crippen molar-refractivity contribution in [3.8, 4) is 0 Å². The van der Waals surface area contributed by atoms with Gasteiger partial charge in [-0.1, -0.05) is 17.7 Å². The number of anilines is 2. The number of halogens is 1. The van der Waals surface area contributed by atoms with Crippen LogP contribution in [0.4, 0.5) is 11.6 Å². The third-order valence-corrected chi connectivity index (χ3v) is 5.94. The van der Waals surface area contributed by atoms with E-state index in [1.165, 1.54) is 4.90 Å². The van der Waals surface area contributed by atoms with E-state index in [9.17, 15) is 14.4 Å². The number of carbonyl (C=O) groups is 3. The molecule has 174 valence electrons. The SMILES string of the molecule is O=C(CC1C(=O)NCCN1C(=O)CN1CCN(c2ncccn2)CC1)Nc1cccc(Cl)c1. The number of hydrogen-bond acceptors (Lipinski definition) is 7. The zero-order valence-corrected chi connectivity index (χ0v) is 18.9. The molecule has 1 aromatic carbocycles. The van der Waals surface area contributed by atoms with Crippen molar-refractivity contribution in [3.05, 3.63) is 47.7 Å². The first-order chi connectivity index (χ1) is 16.0. The highest BCUT2D eigenvalue weighted by molar-refractivity contribution is 6.30. The topological polar surface area (TPSA) is 111 Å². The molecular weight excluding hydrogens is 446 g/mol. The number of carbonyl (C=O) groups excluding carboxylic acids is 3. The number of benzene rings is 1. The van der Waals surface area contributed by atoms with E-state index < -0.39 is 6.04 Å². The molecule has 33 heavy (non-hydrogen) atoms. The smallest absolute Gasteiger partial charge is 0.243 e. The van der Waals surface area contributed by atoms with Crippen LogP contribution < -0.4 is 15.5 Å². The third kappa shape index (κ3) is 5.96. The molecule has 3 heterocycles. The minimum absolute atomic E-state index is 0.122. The quantitative estimate of drug-likeness (QED) is 0.635. The van der Waals surface area contributed by atoms with Crippen LogP contribution >= 0.6 is 11.6 Å². The van der Waals surface area contributed by atoms with Gasteiger partial charge in [-0.2, -0.15) is 0 Å². The normalized spacial score (nSPS) is 19.2. The Kier molecular flexibility index (Phi) is 7.36. The highest BCUT2D eigenvalue weighted by atomic mass is 35.5. The largest absolute Gasteiger partial charge is 0.353 e. The second kappa shape index (κ2) is 10.6. The van der Waals surface area contributed by atoms with Crippen molar-refractivity contribution in [1.29, 1.82) is 0 Å². The van der Waals surface area contributed by atoms with Crippen molar-refractivity contribution >= 4 is 41.0 Å². The second-order valence-electron chi connectivity index (χ2n) is 7.97. The molecule has 0 radical (unpaired) electrons. The number of piperazine rings is 2. The van der Waals surface area contributed by atoms with Gasteiger partial charge in [-0.3, -0.25) is 19.3 Å². The van der Waals surface area contributed by atoms with E-state index in [4.69, 9.17) is 11.6 Å². The highest BCUT2D eigenvalue weighted by Crippen LogP contribution is 2.17. The lowest BCUT2D eigenvalue weighted by atomic mass is 10.1. The molecule has 2 N–H and O–H groups in total. The van der Waals surface area contributed by atoms with Crippen LogP contribution in [0.1, 0.15) is 6.42 Å². The van der Waals surface area contributed by atoms with Gasteiger partial charge in [0.05, 0.1) is 13.0 Å². The molecule has 2 aliphatic rings. The zero-order valence-electron chi connectivity index (χ0n) is 18.1. The van der Waals surface area contributed by atoms with Crippen molar-refractivity contribution in [2.24, 2.45) is 0 Å². The second-order valence-corrected chi connectivity index (χ2v) is 8.41. The molecule has 1 atom stereocenters. The van der Waals surface area contributed by atoms with Gasteiger partial charge >= 0.3 is 0 Å². The molecule has 0 spiro atoms. The fraction of sp³-hybridized carbons (Fsp3) is 0.409. The summed E-state index contributed by atoms with van der Waals surface area (Å²) in [5, 5.41) is 6.00. The Morgan fingerprint density at radius 3 is 2.58 bits per heavy atom. The molecule has 2 aliphatic heterocycles. The summed E-state index contributed by atoms with van der Waals surface area (Å²) >= 11 is 5.96. The van der Waals surface area contributed by atoms with E-state index in [0.717, 1.165) is 0 Å². The van der Waals surface area contributed by atoms with Crippen LogP contribution in [0.5, 0.6) is 0 Å². The van der Waals surface area contributed by atoms with Crippen LogP contribution in [0, 0.1) is 0 Å². The molecule has 2 saturated heterocycles. The van der Waals surface area contributed by atoms with Gasteiger partial charge in [-0.15, -0.1) is 0 Å². The molecule has 2 aromatic rings. The summed E-state index contributed by atoms with van der Waals surface area (Å²) in [4.78, 5) is 52.3. The monoisotopic (exact) mass is 471 g/mol. The van der Waals surface area contributed by atoms with Gasteiger partial charge in [-0.05, 0) is 24.3 Å². The lowest BCUT2D eigenvalue weighted by molar-refractivity contribution is -0.145. The Balaban J connectivity index is 1.32. The fourth-order valence-corrected chi connectivity index (χ4v) is 4.20. The highest BCUT2D eigenvalue weighted by Gasteiger charge is 2.35. The standard InChI is InChI=1S/C22H26ClN7O3/c23-16-3-1-4-17(13-16)27-19(31)14-18-21(33)24-7-8-30(18)20(32)15-28-9-11-29(12-10-28)22-25-5-2-6-26-22/h1-6,13,18H,7-12,14-15H2,(H,24,33)(H,27,31). The molecule has 0 bridgehead atoms. The van der Waals surface area contributed by atoms with Crippen LogP contribution in [0.25, 0.3) is 0 Å². The summed E-state index contributed by atoms with van der Waals surface area (Å²) in [5.74, 6) is -0.146. The predicted molar refractivity (Wildman–Crippen MR) is 124 cm³/mol. The van der Waals surface area contributed by atoms with Crippen LogP contribution in [-0.2, 0) is 14.4 Å². The number of hydrogen-bond donors (Lipinski definition) is 2. The van der Waals surface area contributed by atoms with Crippen LogP contribution in [-0.4, -0.2) is 89.3 Å². The van der Waals surface area contributed by atoms with Crippen LogP contribution in [0.2, 0.25) is 5.02 Å². The van der Waals surface area contributed by atoms with Gasteiger partial charge in [0.15, 0.2) is 0 Å². The Morgan fingerprint density at radius 2 is 1.85 bits per heavy atom. The minimum atomic E-state index is -0.843. The summed E-state index contributed by atoms with van der Waals surface area (Å²) in [6.07, 6.45) is 3.30. The molecule has 0 saturated carbocycles. The molecule has 1 unspecified atom stereocenters. The maximum Gasteiger partial charge on any atom is 0.243 e. The minimum Gasteiger partial charge on any atom is -0.353 e. The van der Waals surface area contributed by atoms with Gasteiger partial charge in [-0.25, -0.2) is 9.97 Å². The first-order valence-electron chi connectivity index (χ1n) is 10.9. The average Bonchev–Trinajstić information content (AvgIpc) is 2.81. The summed E-state index contributed by atoms with van der Waals surface area (Å²) in [6, 6.07) is 7.71. The lowest BCUT2D eigenvalue weighted by Crippen LogP contribution is -2.60. The lowest BCUT2D eigenvalue weighted by Gasteiger charge is -2.38. The number of nitrogens with zero attached hydrogens (tertiary/aromatic N) is 5. The maximum atomic E-state index is 13.1. The fourth-order valence-electron chi connectivity index (χ4n) is 4.01. The summed E-state index contributed by atoms with van der Waals surface area (Å²) in [6.45, 7) is 3.73. The number of nitrogens with one attached hydrogen (secondary N) is 2. The van der Waals surface area contributed by atoms with Crippen molar-refractivity contribution in [2.45, 2.75) is 12.5 Å². The first-order valence-corrected chi connectivity index (χ1v) is 11.2. The van der Waals surface area contributed by atoms with Gasteiger partial charge < -0.3 is 20.4 Å². The Hall–Kier alpha value is -3.24. The molecule has 1 aromatic heterocycles. The van der Waals surface area contributed by atoms with Crippen LogP contribution in [0.15, 0.2) is 42.7 Å². The predicted octanol–water partition coefficient (Wildman–Crippen LogP) is 0.608. The maximum absolute atomic E-state index is 13.1. The van der Waals surface area contributed by atoms with Gasteiger partial charge in [0.1, 0.15) is 6.04 Å². The zero-order chi connectivity index (χ0) is 23.2. The van der Waals surface area contributed by atoms with E-state index in [2.05, 4.69) is 30.4 Å². The van der Waals surface area contributed by atoms with E-state index >= 15 is 0 Å². The average molecular weight is 472 g/mol. The number of rotatable bonds is 6. The molecule has 10 nitrogen and oxygen atoms in total. The summed E-state index contributed by atoms with van der Waals surface area (Å²) < 4.78 is 0. The molecular formula is C22H26ClN7O3. The van der Waals surface area contributed by atoms with Crippen molar-refractivity contribution < 1.29 is 14.4 Å². The first kappa shape index (κ1) is 22.9. The Labute approximate surface area is 196 Å². The Bertz CT molecular complexity index is 998. The van der Waals surface area contributed by atoms with Crippen LogP contribution in [0.3, 0.4) is 0 Å². The van der Waals surface area contributed by atoms with Gasteiger partial charge in [0.2, 0.25) is 23.7 Å². The molecule has 0 aliphatic carbocycles. The van der Waals surface area contributed by atoms with E-state index in [1.54, 1.807) is 42.7 Å². The van der Waals surface area contributed by atoms with E-state index in [-0.39, 0.29) is 30.7 Å². The van der Waals surface area contributed by atoms with E-state index in [0.29, 0.717) is 55.9 Å². The number of amides is 3. The molecule has 4 rings (SSSR count). The third-order valence-electron chi connectivity index (χ3n) is 5.70. The van der Waals surface area contributed by atoms with Gasteiger partial charge in [0, 0.05) is 62.4 Å². The van der Waals surface area contributed by atoms with Crippen molar-refractivity contribution in [3.63, 3.8) is 0 Å². The molecule has 3 amide bonds. The summed E-state index contributed by atoms with van der Waals surface area (Å²) in [7, 11) is 0. The van der Waals surface area contributed by atoms with E-state index in [1.807, 2.05) is 0 Å². The van der Waals surface area contributed by atoms with Gasteiger partial charge in [0.25, 0.3) is 0 Å².